The topological polar surface area (TPSA) is 47.6 Å². The highest BCUT2D eigenvalue weighted by molar-refractivity contribution is 5.68. The van der Waals surface area contributed by atoms with Gasteiger partial charge in [0.05, 0.1) is 0 Å². The number of benzene rings is 1. The fourth-order valence-electron chi connectivity index (χ4n) is 1.24. The third-order valence-electron chi connectivity index (χ3n) is 2.24. The van der Waals surface area contributed by atoms with E-state index in [4.69, 9.17) is 4.89 Å². The van der Waals surface area contributed by atoms with E-state index in [1.54, 1.807) is 13.0 Å². The maximum absolute atomic E-state index is 10.9. The molecule has 0 aliphatic heterocycles. The summed E-state index contributed by atoms with van der Waals surface area (Å²) in [6.07, 6.45) is 1.12. The lowest BCUT2D eigenvalue weighted by Gasteiger charge is -2.09. The van der Waals surface area contributed by atoms with Gasteiger partial charge in [0, 0.05) is 24.7 Å². The Kier molecular flexibility index (Phi) is 4.64. The van der Waals surface area contributed by atoms with E-state index in [1.807, 2.05) is 26.1 Å². The van der Waals surface area contributed by atoms with Crippen molar-refractivity contribution in [2.45, 2.75) is 26.7 Å². The van der Waals surface area contributed by atoms with Gasteiger partial charge in [-0.2, -0.15) is 0 Å². The average Bonchev–Trinajstić information content (AvgIpc) is 2.35. The van der Waals surface area contributed by atoms with Crippen LogP contribution < -0.4 is 10.2 Å². The Morgan fingerprint density at radius 1 is 1.38 bits per heavy atom. The summed E-state index contributed by atoms with van der Waals surface area (Å²) in [5.41, 5.74) is 2.00. The molecule has 1 rings (SSSR count). The maximum atomic E-state index is 10.9. The summed E-state index contributed by atoms with van der Waals surface area (Å²) in [7, 11) is 1.85. The molecule has 0 bridgehead atoms. The number of rotatable bonds is 5. The van der Waals surface area contributed by atoms with Gasteiger partial charge in [0.15, 0.2) is 5.75 Å². The highest BCUT2D eigenvalue weighted by Gasteiger charge is 2.07. The van der Waals surface area contributed by atoms with Crippen LogP contribution in [0, 0.1) is 0 Å². The predicted octanol–water partition coefficient (Wildman–Crippen LogP) is 2.54. The molecule has 0 fully saturated rings. The van der Waals surface area contributed by atoms with E-state index in [2.05, 4.69) is 10.2 Å². The van der Waals surface area contributed by atoms with Crippen molar-refractivity contribution in [1.82, 2.24) is 0 Å². The zero-order chi connectivity index (χ0) is 12.0. The first kappa shape index (κ1) is 12.4. The van der Waals surface area contributed by atoms with Crippen molar-refractivity contribution >= 4 is 11.7 Å². The van der Waals surface area contributed by atoms with Crippen LogP contribution in [-0.2, 0) is 16.1 Å². The molecule has 0 aliphatic carbocycles. The Morgan fingerprint density at radius 2 is 2.12 bits per heavy atom. The first-order chi connectivity index (χ1) is 7.71. The van der Waals surface area contributed by atoms with Crippen molar-refractivity contribution in [2.75, 3.05) is 12.4 Å². The number of carbonyl (C=O) groups is 1. The van der Waals surface area contributed by atoms with Crippen LogP contribution in [-0.4, -0.2) is 13.0 Å². The van der Waals surface area contributed by atoms with E-state index in [9.17, 15) is 4.79 Å². The molecule has 88 valence electrons. The quantitative estimate of drug-likeness (QED) is 0.615. The summed E-state index contributed by atoms with van der Waals surface area (Å²) in [4.78, 5) is 20.6. The molecule has 0 saturated heterocycles. The molecule has 0 radical (unpaired) electrons. The fraction of sp³-hybridized carbons (Fsp3) is 0.417. The van der Waals surface area contributed by atoms with Crippen LogP contribution in [0.1, 0.15) is 25.8 Å². The standard InChI is InChI=1S/C12H17NO3/c1-4-9-8-10(13-3)6-7-11(9)15-16-12(14)5-2/h6-8,13H,4-5H2,1-3H3. The molecular formula is C12H17NO3. The Balaban J connectivity index is 2.75. The van der Waals surface area contributed by atoms with Crippen molar-refractivity contribution in [3.63, 3.8) is 0 Å². The van der Waals surface area contributed by atoms with E-state index >= 15 is 0 Å². The number of carbonyl (C=O) groups excluding carboxylic acids is 1. The van der Waals surface area contributed by atoms with Crippen LogP contribution in [0.15, 0.2) is 18.2 Å². The number of aryl methyl sites for hydroxylation is 1. The van der Waals surface area contributed by atoms with Gasteiger partial charge in [-0.05, 0) is 24.6 Å². The molecule has 1 aromatic rings. The summed E-state index contributed by atoms with van der Waals surface area (Å²) in [6.45, 7) is 3.74. The van der Waals surface area contributed by atoms with Crippen molar-refractivity contribution < 1.29 is 14.6 Å². The van der Waals surface area contributed by atoms with E-state index in [-0.39, 0.29) is 5.97 Å². The highest BCUT2D eigenvalue weighted by atomic mass is 17.2. The lowest BCUT2D eigenvalue weighted by Crippen LogP contribution is -2.07. The first-order valence-electron chi connectivity index (χ1n) is 5.39. The lowest BCUT2D eigenvalue weighted by atomic mass is 10.1. The highest BCUT2D eigenvalue weighted by Crippen LogP contribution is 2.23. The van der Waals surface area contributed by atoms with E-state index < -0.39 is 0 Å². The Labute approximate surface area is 95.5 Å². The van der Waals surface area contributed by atoms with Crippen molar-refractivity contribution in [3.05, 3.63) is 23.8 Å². The molecule has 0 aromatic heterocycles. The average molecular weight is 223 g/mol. The molecule has 0 atom stereocenters. The Bertz CT molecular complexity index is 363. The second-order valence-corrected chi connectivity index (χ2v) is 3.32. The third-order valence-corrected chi connectivity index (χ3v) is 2.24. The van der Waals surface area contributed by atoms with Crippen LogP contribution in [0.2, 0.25) is 0 Å². The molecule has 4 heteroatoms. The lowest BCUT2D eigenvalue weighted by molar-refractivity contribution is -0.213. The smallest absolute Gasteiger partial charge is 0.355 e. The van der Waals surface area contributed by atoms with Gasteiger partial charge in [-0.15, -0.1) is 0 Å². The van der Waals surface area contributed by atoms with Crippen LogP contribution in [0.25, 0.3) is 0 Å². The zero-order valence-corrected chi connectivity index (χ0v) is 9.87. The molecule has 0 unspecified atom stereocenters. The van der Waals surface area contributed by atoms with Gasteiger partial charge in [0.2, 0.25) is 0 Å². The second-order valence-electron chi connectivity index (χ2n) is 3.32. The summed E-state index contributed by atoms with van der Waals surface area (Å²) in [5.74, 6) is 0.211. The molecule has 0 amide bonds. The van der Waals surface area contributed by atoms with E-state index in [1.165, 1.54) is 0 Å². The van der Waals surface area contributed by atoms with Crippen molar-refractivity contribution in [1.29, 1.82) is 0 Å². The molecule has 0 saturated carbocycles. The molecule has 1 N–H and O–H groups in total. The van der Waals surface area contributed by atoms with Gasteiger partial charge in [-0.3, -0.25) is 9.78 Å². The minimum absolute atomic E-state index is 0.302. The fourth-order valence-corrected chi connectivity index (χ4v) is 1.24. The van der Waals surface area contributed by atoms with Gasteiger partial charge in [0.1, 0.15) is 0 Å². The second kappa shape index (κ2) is 6.00. The molecule has 0 heterocycles. The minimum Gasteiger partial charge on any atom is -0.388 e. The summed E-state index contributed by atoms with van der Waals surface area (Å²) >= 11 is 0. The van der Waals surface area contributed by atoms with Gasteiger partial charge in [-0.1, -0.05) is 13.8 Å². The van der Waals surface area contributed by atoms with Crippen LogP contribution in [0.5, 0.6) is 5.75 Å². The summed E-state index contributed by atoms with van der Waals surface area (Å²) in [5, 5.41) is 3.04. The third kappa shape index (κ3) is 3.15. The van der Waals surface area contributed by atoms with Gasteiger partial charge in [-0.25, -0.2) is 4.79 Å². The normalized spacial score (nSPS) is 9.69. The first-order valence-corrected chi connectivity index (χ1v) is 5.39. The van der Waals surface area contributed by atoms with Crippen molar-refractivity contribution in [3.8, 4) is 5.75 Å². The van der Waals surface area contributed by atoms with Crippen molar-refractivity contribution in [2.24, 2.45) is 0 Å². The van der Waals surface area contributed by atoms with Gasteiger partial charge in [0.25, 0.3) is 0 Å². The monoisotopic (exact) mass is 223 g/mol. The number of nitrogens with one attached hydrogen (secondary N) is 1. The van der Waals surface area contributed by atoms with E-state index in [0.29, 0.717) is 12.2 Å². The van der Waals surface area contributed by atoms with Gasteiger partial charge >= 0.3 is 5.97 Å². The predicted molar refractivity (Wildman–Crippen MR) is 62.4 cm³/mol. The summed E-state index contributed by atoms with van der Waals surface area (Å²) in [6, 6.07) is 5.62. The summed E-state index contributed by atoms with van der Waals surface area (Å²) < 4.78 is 0. The van der Waals surface area contributed by atoms with Gasteiger partial charge < -0.3 is 5.32 Å². The zero-order valence-electron chi connectivity index (χ0n) is 9.87. The van der Waals surface area contributed by atoms with Crippen LogP contribution in [0.4, 0.5) is 5.69 Å². The number of anilines is 1. The Hall–Kier alpha value is -1.71. The Morgan fingerprint density at radius 3 is 2.69 bits per heavy atom. The molecule has 16 heavy (non-hydrogen) atoms. The largest absolute Gasteiger partial charge is 0.388 e. The molecule has 1 aromatic carbocycles. The number of hydrogen-bond donors (Lipinski definition) is 1. The molecule has 0 spiro atoms. The molecule has 0 aliphatic rings. The number of hydrogen-bond acceptors (Lipinski definition) is 4. The van der Waals surface area contributed by atoms with Crippen LogP contribution in [0.3, 0.4) is 0 Å². The van der Waals surface area contributed by atoms with E-state index in [0.717, 1.165) is 17.7 Å². The van der Waals surface area contributed by atoms with Crippen LogP contribution >= 0.6 is 0 Å². The SMILES string of the molecule is CCC(=O)OOc1ccc(NC)cc1CC. The maximum Gasteiger partial charge on any atom is 0.355 e. The molecule has 4 nitrogen and oxygen atoms in total. The minimum atomic E-state index is -0.375. The molecular weight excluding hydrogens is 206 g/mol.